The standard InChI is InChI=1S/C16H20BrNS/c1-4-11(2)13-5-7-14(8-6-13)18-12(3)15-9-10-16(17)19-15/h5-12,18H,4H2,1-3H3. The maximum atomic E-state index is 3.55. The Hall–Kier alpha value is -0.800. The first-order valence-electron chi connectivity index (χ1n) is 6.72. The van der Waals surface area contributed by atoms with E-state index in [-0.39, 0.29) is 0 Å². The molecule has 19 heavy (non-hydrogen) atoms. The summed E-state index contributed by atoms with van der Waals surface area (Å²) >= 11 is 5.29. The van der Waals surface area contributed by atoms with Crippen LogP contribution in [-0.4, -0.2) is 0 Å². The molecule has 0 saturated heterocycles. The predicted octanol–water partition coefficient (Wildman–Crippen LogP) is 6.20. The summed E-state index contributed by atoms with van der Waals surface area (Å²) in [5, 5.41) is 3.55. The molecule has 1 aromatic carbocycles. The van der Waals surface area contributed by atoms with Crippen LogP contribution in [0.4, 0.5) is 5.69 Å². The van der Waals surface area contributed by atoms with Gasteiger partial charge in [0.2, 0.25) is 0 Å². The summed E-state index contributed by atoms with van der Waals surface area (Å²) in [6.07, 6.45) is 1.19. The van der Waals surface area contributed by atoms with Crippen LogP contribution in [0.1, 0.15) is 49.6 Å². The second-order valence-electron chi connectivity index (χ2n) is 4.94. The molecule has 0 amide bonds. The van der Waals surface area contributed by atoms with Crippen LogP contribution in [0.5, 0.6) is 0 Å². The van der Waals surface area contributed by atoms with Crippen molar-refractivity contribution < 1.29 is 0 Å². The zero-order valence-electron chi connectivity index (χ0n) is 11.6. The molecule has 2 rings (SSSR count). The van der Waals surface area contributed by atoms with Gasteiger partial charge in [-0.1, -0.05) is 26.0 Å². The van der Waals surface area contributed by atoms with Gasteiger partial charge in [-0.2, -0.15) is 0 Å². The Kier molecular flexibility index (Phi) is 5.06. The largest absolute Gasteiger partial charge is 0.378 e. The van der Waals surface area contributed by atoms with Gasteiger partial charge in [-0.15, -0.1) is 11.3 Å². The topological polar surface area (TPSA) is 12.0 Å². The van der Waals surface area contributed by atoms with Crippen molar-refractivity contribution in [3.63, 3.8) is 0 Å². The molecule has 102 valence electrons. The summed E-state index contributed by atoms with van der Waals surface area (Å²) in [6, 6.07) is 13.4. The Bertz CT molecular complexity index is 518. The number of hydrogen-bond donors (Lipinski definition) is 1. The van der Waals surface area contributed by atoms with Crippen molar-refractivity contribution in [1.29, 1.82) is 0 Å². The number of hydrogen-bond acceptors (Lipinski definition) is 2. The number of nitrogens with one attached hydrogen (secondary N) is 1. The van der Waals surface area contributed by atoms with E-state index in [4.69, 9.17) is 0 Å². The minimum absolute atomic E-state index is 0.339. The van der Waals surface area contributed by atoms with E-state index in [1.165, 1.54) is 26.3 Å². The van der Waals surface area contributed by atoms with E-state index >= 15 is 0 Å². The lowest BCUT2D eigenvalue weighted by molar-refractivity contribution is 0.733. The van der Waals surface area contributed by atoms with Crippen LogP contribution in [0.15, 0.2) is 40.2 Å². The molecule has 0 aliphatic heterocycles. The van der Waals surface area contributed by atoms with E-state index in [1.807, 2.05) is 0 Å². The molecule has 1 N–H and O–H groups in total. The molecule has 0 saturated carbocycles. The van der Waals surface area contributed by atoms with E-state index in [0.29, 0.717) is 12.0 Å². The van der Waals surface area contributed by atoms with Crippen LogP contribution in [0.2, 0.25) is 0 Å². The Labute approximate surface area is 128 Å². The van der Waals surface area contributed by atoms with Crippen LogP contribution in [-0.2, 0) is 0 Å². The third-order valence-corrected chi connectivity index (χ3v) is 5.30. The van der Waals surface area contributed by atoms with Gasteiger partial charge in [0.25, 0.3) is 0 Å². The van der Waals surface area contributed by atoms with Crippen molar-refractivity contribution >= 4 is 33.0 Å². The average Bonchev–Trinajstić information content (AvgIpc) is 2.85. The summed E-state index contributed by atoms with van der Waals surface area (Å²) in [6.45, 7) is 6.70. The highest BCUT2D eigenvalue weighted by atomic mass is 79.9. The Morgan fingerprint density at radius 3 is 2.32 bits per heavy atom. The van der Waals surface area contributed by atoms with Crippen molar-refractivity contribution in [1.82, 2.24) is 0 Å². The summed E-state index contributed by atoms with van der Waals surface area (Å²) in [5.41, 5.74) is 2.60. The number of anilines is 1. The summed E-state index contributed by atoms with van der Waals surface area (Å²) in [5.74, 6) is 0.639. The van der Waals surface area contributed by atoms with Crippen molar-refractivity contribution in [3.05, 3.63) is 50.6 Å². The highest BCUT2D eigenvalue weighted by Crippen LogP contribution is 2.29. The molecule has 2 atom stereocenters. The van der Waals surface area contributed by atoms with Gasteiger partial charge in [-0.25, -0.2) is 0 Å². The fraction of sp³-hybridized carbons (Fsp3) is 0.375. The van der Waals surface area contributed by atoms with Gasteiger partial charge in [-0.3, -0.25) is 0 Å². The van der Waals surface area contributed by atoms with Gasteiger partial charge in [-0.05, 0) is 65.0 Å². The molecule has 3 heteroatoms. The first-order valence-corrected chi connectivity index (χ1v) is 8.32. The van der Waals surface area contributed by atoms with E-state index in [0.717, 1.165) is 0 Å². The highest BCUT2D eigenvalue weighted by molar-refractivity contribution is 9.11. The van der Waals surface area contributed by atoms with Crippen LogP contribution in [0.3, 0.4) is 0 Å². The second-order valence-corrected chi connectivity index (χ2v) is 7.43. The number of thiophene rings is 1. The molecule has 0 aliphatic carbocycles. The molecule has 2 unspecified atom stereocenters. The number of benzene rings is 1. The van der Waals surface area contributed by atoms with Crippen LogP contribution >= 0.6 is 27.3 Å². The SMILES string of the molecule is CCC(C)c1ccc(NC(C)c2ccc(Br)s2)cc1. The van der Waals surface area contributed by atoms with E-state index < -0.39 is 0 Å². The molecule has 0 fully saturated rings. The van der Waals surface area contributed by atoms with Crippen LogP contribution in [0.25, 0.3) is 0 Å². The van der Waals surface area contributed by atoms with E-state index in [9.17, 15) is 0 Å². The second kappa shape index (κ2) is 6.58. The number of rotatable bonds is 5. The lowest BCUT2D eigenvalue weighted by atomic mass is 9.98. The van der Waals surface area contributed by atoms with Crippen molar-refractivity contribution in [2.24, 2.45) is 0 Å². The fourth-order valence-electron chi connectivity index (χ4n) is 2.03. The lowest BCUT2D eigenvalue weighted by Gasteiger charge is -2.15. The average molecular weight is 338 g/mol. The molecule has 0 spiro atoms. The summed E-state index contributed by atoms with van der Waals surface area (Å²) in [7, 11) is 0. The molecular weight excluding hydrogens is 318 g/mol. The third kappa shape index (κ3) is 3.83. The lowest BCUT2D eigenvalue weighted by Crippen LogP contribution is -2.04. The molecule has 2 aromatic rings. The van der Waals surface area contributed by atoms with E-state index in [2.05, 4.69) is 78.4 Å². The molecule has 1 heterocycles. The summed E-state index contributed by atoms with van der Waals surface area (Å²) in [4.78, 5) is 1.35. The molecule has 1 aromatic heterocycles. The fourth-order valence-corrected chi connectivity index (χ4v) is 3.45. The van der Waals surface area contributed by atoms with Gasteiger partial charge < -0.3 is 5.32 Å². The molecule has 0 radical (unpaired) electrons. The highest BCUT2D eigenvalue weighted by Gasteiger charge is 2.08. The van der Waals surface area contributed by atoms with Gasteiger partial charge in [0.15, 0.2) is 0 Å². The minimum atomic E-state index is 0.339. The maximum absolute atomic E-state index is 3.55. The predicted molar refractivity (Wildman–Crippen MR) is 89.2 cm³/mol. The number of halogens is 1. The van der Waals surface area contributed by atoms with Crippen LogP contribution in [0, 0.1) is 0 Å². The quantitative estimate of drug-likeness (QED) is 0.685. The Morgan fingerprint density at radius 1 is 1.11 bits per heavy atom. The van der Waals surface area contributed by atoms with Crippen LogP contribution < -0.4 is 5.32 Å². The molecular formula is C16H20BrNS. The third-order valence-electron chi connectivity index (χ3n) is 3.50. The monoisotopic (exact) mass is 337 g/mol. The Balaban J connectivity index is 2.03. The summed E-state index contributed by atoms with van der Waals surface area (Å²) < 4.78 is 1.18. The van der Waals surface area contributed by atoms with Gasteiger partial charge >= 0.3 is 0 Å². The first kappa shape index (κ1) is 14.6. The zero-order valence-corrected chi connectivity index (χ0v) is 14.0. The smallest absolute Gasteiger partial charge is 0.0702 e. The molecule has 1 nitrogen and oxygen atoms in total. The van der Waals surface area contributed by atoms with E-state index in [1.54, 1.807) is 11.3 Å². The Morgan fingerprint density at radius 2 is 1.79 bits per heavy atom. The van der Waals surface area contributed by atoms with Gasteiger partial charge in [0, 0.05) is 10.6 Å². The maximum Gasteiger partial charge on any atom is 0.0702 e. The molecule has 0 bridgehead atoms. The first-order chi connectivity index (χ1) is 9.10. The van der Waals surface area contributed by atoms with Gasteiger partial charge in [0.05, 0.1) is 9.83 Å². The van der Waals surface area contributed by atoms with Crippen molar-refractivity contribution in [2.45, 2.75) is 39.2 Å². The minimum Gasteiger partial charge on any atom is -0.378 e. The molecule has 0 aliphatic rings. The normalized spacial score (nSPS) is 14.1. The zero-order chi connectivity index (χ0) is 13.8. The van der Waals surface area contributed by atoms with Crippen molar-refractivity contribution in [3.8, 4) is 0 Å². The van der Waals surface area contributed by atoms with Crippen molar-refractivity contribution in [2.75, 3.05) is 5.32 Å². The van der Waals surface area contributed by atoms with Gasteiger partial charge in [0.1, 0.15) is 0 Å².